The first kappa shape index (κ1) is 13.0. The fraction of sp³-hybridized carbons (Fsp3) is 0.917. The fourth-order valence-electron chi connectivity index (χ4n) is 2.64. The Kier molecular flexibility index (Phi) is 3.59. The smallest absolute Gasteiger partial charge is 0.410 e. The number of thioether (sulfide) groups is 1. The first-order valence-electron chi connectivity index (χ1n) is 6.20. The minimum absolute atomic E-state index is 0.148. The van der Waals surface area contributed by atoms with Crippen molar-refractivity contribution in [1.82, 2.24) is 10.2 Å². The minimum Gasteiger partial charge on any atom is -0.444 e. The molecular formula is C12H22N2O2S. The third-order valence-corrected chi connectivity index (χ3v) is 4.30. The summed E-state index contributed by atoms with van der Waals surface area (Å²) in [7, 11) is 0. The molecule has 1 amide bonds. The summed E-state index contributed by atoms with van der Waals surface area (Å²) in [6.07, 6.45) is 4.12. The third-order valence-electron chi connectivity index (χ3n) is 3.31. The van der Waals surface area contributed by atoms with Gasteiger partial charge in [0.15, 0.2) is 0 Å². The molecule has 2 heterocycles. The molecule has 98 valence electrons. The molecule has 3 atom stereocenters. The van der Waals surface area contributed by atoms with Crippen LogP contribution in [0.3, 0.4) is 0 Å². The minimum atomic E-state index is -0.406. The lowest BCUT2D eigenvalue weighted by atomic mass is 10.2. The highest BCUT2D eigenvalue weighted by atomic mass is 32.2. The highest BCUT2D eigenvalue weighted by Gasteiger charge is 2.45. The maximum absolute atomic E-state index is 12.2. The largest absolute Gasteiger partial charge is 0.444 e. The van der Waals surface area contributed by atoms with Crippen molar-refractivity contribution in [2.45, 2.75) is 56.7 Å². The average Bonchev–Trinajstić information content (AvgIpc) is 2.52. The SMILES string of the molecule is CSC1NCC2CCC1N2C(=O)OC(C)(C)C. The number of hydrogen-bond donors (Lipinski definition) is 1. The molecule has 0 saturated carbocycles. The van der Waals surface area contributed by atoms with E-state index in [1.54, 1.807) is 11.8 Å². The molecule has 2 bridgehead atoms. The molecule has 0 radical (unpaired) electrons. The fourth-order valence-corrected chi connectivity index (χ4v) is 3.48. The summed E-state index contributed by atoms with van der Waals surface area (Å²) < 4.78 is 5.50. The monoisotopic (exact) mass is 258 g/mol. The molecular weight excluding hydrogens is 236 g/mol. The summed E-state index contributed by atoms with van der Waals surface area (Å²) >= 11 is 1.78. The Bertz CT molecular complexity index is 303. The van der Waals surface area contributed by atoms with Crippen molar-refractivity contribution in [3.63, 3.8) is 0 Å². The van der Waals surface area contributed by atoms with Gasteiger partial charge in [0.25, 0.3) is 0 Å². The molecule has 2 aliphatic heterocycles. The van der Waals surface area contributed by atoms with E-state index < -0.39 is 5.60 Å². The van der Waals surface area contributed by atoms with Crippen LogP contribution in [0.25, 0.3) is 0 Å². The lowest BCUT2D eigenvalue weighted by molar-refractivity contribution is 0.00870. The van der Waals surface area contributed by atoms with Gasteiger partial charge in [0, 0.05) is 12.6 Å². The van der Waals surface area contributed by atoms with Crippen molar-refractivity contribution in [2.75, 3.05) is 12.8 Å². The summed E-state index contributed by atoms with van der Waals surface area (Å²) in [5, 5.41) is 3.84. The van der Waals surface area contributed by atoms with Gasteiger partial charge >= 0.3 is 6.09 Å². The quantitative estimate of drug-likeness (QED) is 0.781. The second kappa shape index (κ2) is 4.69. The van der Waals surface area contributed by atoms with E-state index >= 15 is 0 Å². The van der Waals surface area contributed by atoms with Gasteiger partial charge in [-0.05, 0) is 39.9 Å². The Labute approximate surface area is 107 Å². The Balaban J connectivity index is 2.07. The molecule has 2 fully saturated rings. The Hall–Kier alpha value is -0.420. The van der Waals surface area contributed by atoms with Crippen molar-refractivity contribution >= 4 is 17.9 Å². The maximum atomic E-state index is 12.2. The Morgan fingerprint density at radius 3 is 2.71 bits per heavy atom. The van der Waals surface area contributed by atoms with E-state index in [0.717, 1.165) is 19.4 Å². The lowest BCUT2D eigenvalue weighted by Crippen LogP contribution is -2.59. The number of carbonyl (C=O) groups excluding carboxylic acids is 1. The van der Waals surface area contributed by atoms with Gasteiger partial charge in [-0.25, -0.2) is 4.79 Å². The normalized spacial score (nSPS) is 32.7. The molecule has 2 aliphatic rings. The standard InChI is InChI=1S/C12H22N2O2S/c1-12(2,3)16-11(15)14-8-5-6-9(14)10(17-4)13-7-8/h8-10,13H,5-7H2,1-4H3. The van der Waals surface area contributed by atoms with Gasteiger partial charge in [-0.15, -0.1) is 11.8 Å². The molecule has 2 rings (SSSR count). The van der Waals surface area contributed by atoms with Crippen LogP contribution in [0.4, 0.5) is 4.79 Å². The van der Waals surface area contributed by atoms with Gasteiger partial charge in [0.05, 0.1) is 11.4 Å². The summed E-state index contributed by atoms with van der Waals surface area (Å²) in [6, 6.07) is 0.608. The second-order valence-corrected chi connectivity index (χ2v) is 6.73. The van der Waals surface area contributed by atoms with Crippen molar-refractivity contribution in [3.05, 3.63) is 0 Å². The maximum Gasteiger partial charge on any atom is 0.410 e. The van der Waals surface area contributed by atoms with Crippen LogP contribution in [0.1, 0.15) is 33.6 Å². The van der Waals surface area contributed by atoms with E-state index in [1.807, 2.05) is 25.7 Å². The number of rotatable bonds is 1. The number of amides is 1. The van der Waals surface area contributed by atoms with Crippen molar-refractivity contribution < 1.29 is 9.53 Å². The zero-order chi connectivity index (χ0) is 12.6. The van der Waals surface area contributed by atoms with Crippen LogP contribution < -0.4 is 5.32 Å². The van der Waals surface area contributed by atoms with Gasteiger partial charge in [0.1, 0.15) is 5.60 Å². The number of fused-ring (bicyclic) bond motifs is 2. The topological polar surface area (TPSA) is 41.6 Å². The molecule has 1 N–H and O–H groups in total. The van der Waals surface area contributed by atoms with Gasteiger partial charge in [-0.3, -0.25) is 4.90 Å². The zero-order valence-electron chi connectivity index (χ0n) is 11.0. The highest BCUT2D eigenvalue weighted by Crippen LogP contribution is 2.34. The van der Waals surface area contributed by atoms with E-state index in [9.17, 15) is 4.79 Å². The van der Waals surface area contributed by atoms with E-state index in [4.69, 9.17) is 4.74 Å². The number of nitrogens with zero attached hydrogens (tertiary/aromatic N) is 1. The molecule has 0 aromatic rings. The first-order valence-corrected chi connectivity index (χ1v) is 7.48. The van der Waals surface area contributed by atoms with Crippen LogP contribution in [-0.2, 0) is 4.74 Å². The molecule has 0 aromatic carbocycles. The van der Waals surface area contributed by atoms with Gasteiger partial charge in [0.2, 0.25) is 0 Å². The number of nitrogens with one attached hydrogen (secondary N) is 1. The van der Waals surface area contributed by atoms with Crippen LogP contribution in [0.2, 0.25) is 0 Å². The van der Waals surface area contributed by atoms with Gasteiger partial charge < -0.3 is 10.1 Å². The molecule has 2 saturated heterocycles. The Morgan fingerprint density at radius 1 is 1.41 bits per heavy atom. The number of hydrogen-bond acceptors (Lipinski definition) is 4. The van der Waals surface area contributed by atoms with Gasteiger partial charge in [-0.1, -0.05) is 0 Å². The molecule has 4 nitrogen and oxygen atoms in total. The van der Waals surface area contributed by atoms with E-state index in [1.165, 1.54) is 0 Å². The average molecular weight is 258 g/mol. The number of ether oxygens (including phenoxy) is 1. The zero-order valence-corrected chi connectivity index (χ0v) is 11.8. The Morgan fingerprint density at radius 2 is 2.12 bits per heavy atom. The third kappa shape index (κ3) is 2.71. The molecule has 17 heavy (non-hydrogen) atoms. The predicted octanol–water partition coefficient (Wildman–Crippen LogP) is 2.05. The number of carbonyl (C=O) groups is 1. The summed E-state index contributed by atoms with van der Waals surface area (Å²) in [5.41, 5.74) is -0.406. The van der Waals surface area contributed by atoms with Crippen molar-refractivity contribution in [2.24, 2.45) is 0 Å². The summed E-state index contributed by atoms with van der Waals surface area (Å²) in [4.78, 5) is 14.2. The van der Waals surface area contributed by atoms with Crippen LogP contribution in [0.15, 0.2) is 0 Å². The van der Waals surface area contributed by atoms with E-state index in [2.05, 4.69) is 11.6 Å². The molecule has 0 spiro atoms. The van der Waals surface area contributed by atoms with Crippen molar-refractivity contribution in [3.8, 4) is 0 Å². The van der Waals surface area contributed by atoms with E-state index in [0.29, 0.717) is 17.5 Å². The predicted molar refractivity (Wildman–Crippen MR) is 70.2 cm³/mol. The van der Waals surface area contributed by atoms with Gasteiger partial charge in [-0.2, -0.15) is 0 Å². The first-order chi connectivity index (χ1) is 7.92. The summed E-state index contributed by atoms with van der Waals surface area (Å²) in [6.45, 7) is 6.64. The second-order valence-electron chi connectivity index (χ2n) is 5.75. The van der Waals surface area contributed by atoms with Crippen molar-refractivity contribution in [1.29, 1.82) is 0 Å². The summed E-state index contributed by atoms with van der Waals surface area (Å²) in [5.74, 6) is 0. The van der Waals surface area contributed by atoms with Crippen LogP contribution >= 0.6 is 11.8 Å². The lowest BCUT2D eigenvalue weighted by Gasteiger charge is -2.40. The molecule has 0 aromatic heterocycles. The molecule has 3 unspecified atom stereocenters. The number of piperazine rings is 1. The molecule has 0 aliphatic carbocycles. The van der Waals surface area contributed by atoms with Crippen LogP contribution in [-0.4, -0.2) is 46.9 Å². The highest BCUT2D eigenvalue weighted by molar-refractivity contribution is 7.99. The van der Waals surface area contributed by atoms with Crippen LogP contribution in [0, 0.1) is 0 Å². The van der Waals surface area contributed by atoms with E-state index in [-0.39, 0.29) is 6.09 Å². The van der Waals surface area contributed by atoms with Crippen LogP contribution in [0.5, 0.6) is 0 Å². The molecule has 5 heteroatoms.